The number of aryl methyl sites for hydroxylation is 1. The third kappa shape index (κ3) is 2.21. The number of pyridine rings is 1. The molecule has 2 N–H and O–H groups in total. The first kappa shape index (κ1) is 16.6. The van der Waals surface area contributed by atoms with Crippen molar-refractivity contribution < 1.29 is 19.4 Å². The Morgan fingerprint density at radius 3 is 2.92 bits per heavy atom. The molecule has 2 heterocycles. The van der Waals surface area contributed by atoms with E-state index in [0.29, 0.717) is 0 Å². The summed E-state index contributed by atoms with van der Waals surface area (Å²) >= 11 is 0. The van der Waals surface area contributed by atoms with Gasteiger partial charge < -0.3 is 15.2 Å². The van der Waals surface area contributed by atoms with Crippen molar-refractivity contribution in [3.63, 3.8) is 0 Å². The molecule has 0 radical (unpaired) electrons. The number of nitrogens with one attached hydrogen (secondary N) is 1. The fourth-order valence-corrected chi connectivity index (χ4v) is 4.37. The number of fused-ring (bicyclic) bond motifs is 5. The molecular formula is C20H20N2O4. The average Bonchev–Trinajstić information content (AvgIpc) is 2.62. The minimum atomic E-state index is -0.810. The Morgan fingerprint density at radius 1 is 1.42 bits per heavy atom. The van der Waals surface area contributed by atoms with Gasteiger partial charge >= 0.3 is 5.97 Å². The highest BCUT2D eigenvalue weighted by molar-refractivity contribution is 6.17. The molecule has 6 heteroatoms. The van der Waals surface area contributed by atoms with E-state index in [0.717, 1.165) is 34.0 Å². The summed E-state index contributed by atoms with van der Waals surface area (Å²) < 4.78 is 4.67. The van der Waals surface area contributed by atoms with Gasteiger partial charge in [0.1, 0.15) is 5.76 Å². The smallest absolute Gasteiger partial charge is 0.346 e. The number of nitrogens with zero attached hydrogens (tertiary/aromatic N) is 1. The van der Waals surface area contributed by atoms with E-state index in [4.69, 9.17) is 0 Å². The van der Waals surface area contributed by atoms with Crippen LogP contribution in [0, 0.1) is 18.8 Å². The summed E-state index contributed by atoms with van der Waals surface area (Å²) in [6.45, 7) is 4.01. The SMILES string of the molecule is COC(=O)C1=C(O)C2C(C)Cc3c(cc(C)c4ncccc34)C2NC1=O. The number of aliphatic hydroxyl groups is 1. The molecule has 1 amide bonds. The first-order chi connectivity index (χ1) is 12.4. The first-order valence-corrected chi connectivity index (χ1v) is 8.63. The lowest BCUT2D eigenvalue weighted by Gasteiger charge is -2.41. The van der Waals surface area contributed by atoms with Crippen LogP contribution in [0.2, 0.25) is 0 Å². The lowest BCUT2D eigenvalue weighted by molar-refractivity contribution is -0.139. The van der Waals surface area contributed by atoms with Gasteiger partial charge in [0.25, 0.3) is 5.91 Å². The third-order valence-corrected chi connectivity index (χ3v) is 5.54. The van der Waals surface area contributed by atoms with Crippen molar-refractivity contribution in [3.8, 4) is 0 Å². The van der Waals surface area contributed by atoms with Gasteiger partial charge in [-0.1, -0.05) is 19.1 Å². The van der Waals surface area contributed by atoms with Gasteiger partial charge in [-0.3, -0.25) is 9.78 Å². The fraction of sp³-hybridized carbons (Fsp3) is 0.350. The van der Waals surface area contributed by atoms with Gasteiger partial charge in [-0.25, -0.2) is 4.79 Å². The maximum atomic E-state index is 12.5. The molecular weight excluding hydrogens is 332 g/mol. The summed E-state index contributed by atoms with van der Waals surface area (Å²) in [6, 6.07) is 5.61. The molecule has 0 saturated carbocycles. The van der Waals surface area contributed by atoms with E-state index in [9.17, 15) is 14.7 Å². The average molecular weight is 352 g/mol. The van der Waals surface area contributed by atoms with Gasteiger partial charge in [0.2, 0.25) is 0 Å². The number of ether oxygens (including phenoxy) is 1. The van der Waals surface area contributed by atoms with Crippen LogP contribution in [0.4, 0.5) is 0 Å². The molecule has 0 spiro atoms. The van der Waals surface area contributed by atoms with Gasteiger partial charge in [0, 0.05) is 17.5 Å². The second-order valence-corrected chi connectivity index (χ2v) is 7.07. The van der Waals surface area contributed by atoms with Crippen molar-refractivity contribution >= 4 is 22.8 Å². The van der Waals surface area contributed by atoms with Crippen molar-refractivity contribution in [2.75, 3.05) is 7.11 Å². The summed E-state index contributed by atoms with van der Waals surface area (Å²) in [4.78, 5) is 28.9. The first-order valence-electron chi connectivity index (χ1n) is 8.63. The topological polar surface area (TPSA) is 88.5 Å². The number of carbonyl (C=O) groups is 2. The zero-order chi connectivity index (χ0) is 18.6. The minimum absolute atomic E-state index is 0.0406. The van der Waals surface area contributed by atoms with E-state index < -0.39 is 11.9 Å². The second-order valence-electron chi connectivity index (χ2n) is 7.07. The molecule has 1 aliphatic carbocycles. The largest absolute Gasteiger partial charge is 0.511 e. The van der Waals surface area contributed by atoms with E-state index in [2.05, 4.69) is 15.0 Å². The number of hydrogen-bond donors (Lipinski definition) is 2. The molecule has 1 aromatic carbocycles. The van der Waals surface area contributed by atoms with Gasteiger partial charge in [-0.05, 0) is 42.0 Å². The van der Waals surface area contributed by atoms with Crippen LogP contribution in [0.3, 0.4) is 0 Å². The van der Waals surface area contributed by atoms with Crippen LogP contribution < -0.4 is 5.32 Å². The fourth-order valence-electron chi connectivity index (χ4n) is 4.37. The molecule has 26 heavy (non-hydrogen) atoms. The van der Waals surface area contributed by atoms with Crippen molar-refractivity contribution in [1.29, 1.82) is 0 Å². The maximum Gasteiger partial charge on any atom is 0.346 e. The summed E-state index contributed by atoms with van der Waals surface area (Å²) in [5.74, 6) is -1.90. The number of amides is 1. The van der Waals surface area contributed by atoms with E-state index in [1.54, 1.807) is 6.20 Å². The van der Waals surface area contributed by atoms with E-state index in [1.807, 2.05) is 32.0 Å². The van der Waals surface area contributed by atoms with Crippen molar-refractivity contribution in [2.45, 2.75) is 26.3 Å². The highest BCUT2D eigenvalue weighted by Crippen LogP contribution is 2.46. The normalized spacial score (nSPS) is 24.7. The van der Waals surface area contributed by atoms with Crippen LogP contribution in [0.15, 0.2) is 35.7 Å². The van der Waals surface area contributed by atoms with Crippen LogP contribution in [-0.4, -0.2) is 29.1 Å². The van der Waals surface area contributed by atoms with Gasteiger partial charge in [0.15, 0.2) is 5.57 Å². The maximum absolute atomic E-state index is 12.5. The Morgan fingerprint density at radius 2 is 2.19 bits per heavy atom. The quantitative estimate of drug-likeness (QED) is 0.608. The number of rotatable bonds is 1. The third-order valence-electron chi connectivity index (χ3n) is 5.54. The van der Waals surface area contributed by atoms with Crippen LogP contribution in [0.5, 0.6) is 0 Å². The standard InChI is InChI=1S/C20H20N2O4/c1-9-7-12-11-5-4-6-21-16(11)10(2)8-13(12)17-14(9)18(23)15(19(24)22-17)20(25)26-3/h4-6,8-9,14,17,23H,7H2,1-3H3,(H,22,24). The Kier molecular flexibility index (Phi) is 3.72. The van der Waals surface area contributed by atoms with E-state index >= 15 is 0 Å². The number of benzene rings is 1. The predicted molar refractivity (Wildman–Crippen MR) is 95.4 cm³/mol. The van der Waals surface area contributed by atoms with E-state index in [-0.39, 0.29) is 29.2 Å². The Hall–Kier alpha value is -2.89. The minimum Gasteiger partial charge on any atom is -0.511 e. The highest BCUT2D eigenvalue weighted by atomic mass is 16.5. The monoisotopic (exact) mass is 352 g/mol. The highest BCUT2D eigenvalue weighted by Gasteiger charge is 2.46. The van der Waals surface area contributed by atoms with Gasteiger partial charge in [-0.15, -0.1) is 0 Å². The number of esters is 1. The molecule has 1 aliphatic heterocycles. The van der Waals surface area contributed by atoms with Crippen LogP contribution >= 0.6 is 0 Å². The molecule has 0 saturated heterocycles. The van der Waals surface area contributed by atoms with Crippen LogP contribution in [-0.2, 0) is 20.7 Å². The van der Waals surface area contributed by atoms with Crippen LogP contribution in [0.1, 0.15) is 29.7 Å². The van der Waals surface area contributed by atoms with Crippen molar-refractivity contribution in [1.82, 2.24) is 10.3 Å². The molecule has 6 nitrogen and oxygen atoms in total. The summed E-state index contributed by atoms with van der Waals surface area (Å²) in [6.07, 6.45) is 2.50. The number of methoxy groups -OCH3 is 1. The molecule has 2 aliphatic rings. The van der Waals surface area contributed by atoms with E-state index in [1.165, 1.54) is 7.11 Å². The molecule has 3 atom stereocenters. The second kappa shape index (κ2) is 5.83. The summed E-state index contributed by atoms with van der Waals surface area (Å²) in [5, 5.41) is 14.7. The number of aliphatic hydroxyl groups excluding tert-OH is 1. The number of aromatic nitrogens is 1. The number of hydrogen-bond acceptors (Lipinski definition) is 5. The summed E-state index contributed by atoms with van der Waals surface area (Å²) in [5.41, 5.74) is 3.80. The Balaban J connectivity index is 1.93. The molecule has 0 fully saturated rings. The van der Waals surface area contributed by atoms with Crippen LogP contribution in [0.25, 0.3) is 10.9 Å². The molecule has 3 unspecified atom stereocenters. The lowest BCUT2D eigenvalue weighted by Crippen LogP contribution is -2.47. The lowest BCUT2D eigenvalue weighted by atomic mass is 9.69. The Bertz CT molecular complexity index is 979. The predicted octanol–water partition coefficient (Wildman–Crippen LogP) is 2.51. The molecule has 4 rings (SSSR count). The zero-order valence-electron chi connectivity index (χ0n) is 14.9. The Labute approximate surface area is 150 Å². The molecule has 0 bridgehead atoms. The molecule has 134 valence electrons. The summed E-state index contributed by atoms with van der Waals surface area (Å²) in [7, 11) is 1.20. The van der Waals surface area contributed by atoms with Gasteiger partial charge in [-0.2, -0.15) is 0 Å². The van der Waals surface area contributed by atoms with Crippen molar-refractivity contribution in [3.05, 3.63) is 52.4 Å². The van der Waals surface area contributed by atoms with Crippen molar-refractivity contribution in [2.24, 2.45) is 11.8 Å². The molecule has 2 aromatic rings. The molecule has 1 aromatic heterocycles. The van der Waals surface area contributed by atoms with Gasteiger partial charge in [0.05, 0.1) is 18.7 Å². The number of carbonyl (C=O) groups excluding carboxylic acids is 2. The zero-order valence-corrected chi connectivity index (χ0v) is 14.9.